The van der Waals surface area contributed by atoms with Gasteiger partial charge in [-0.15, -0.1) is 13.2 Å². The number of fused-ring (bicyclic) bond motifs is 1. The number of piperidine rings is 1. The summed E-state index contributed by atoms with van der Waals surface area (Å²) in [7, 11) is 0. The molecular weight excluding hydrogens is 311 g/mol. The smallest absolute Gasteiger partial charge is 0.406 e. The van der Waals surface area contributed by atoms with Crippen LogP contribution in [0.25, 0.3) is 10.9 Å². The van der Waals surface area contributed by atoms with Gasteiger partial charge in [-0.05, 0) is 43.7 Å². The van der Waals surface area contributed by atoms with Gasteiger partial charge in [0.2, 0.25) is 0 Å². The molecule has 1 aliphatic rings. The van der Waals surface area contributed by atoms with Crippen molar-refractivity contribution in [2.24, 2.45) is 0 Å². The standard InChI is InChI=1S/C15H16F3N3O2/c16-15(17,18)23-11-3-4-12-9(6-11)7-13(21-12)14(22)20-10-2-1-5-19-8-10/h3-4,6-7,10,19,21H,1-2,5,8H2,(H,20,22)/t10-/m1/s1. The van der Waals surface area contributed by atoms with Gasteiger partial charge >= 0.3 is 6.36 Å². The molecule has 3 rings (SSSR count). The van der Waals surface area contributed by atoms with Crippen LogP contribution >= 0.6 is 0 Å². The second-order valence-corrected chi connectivity index (χ2v) is 5.50. The Balaban J connectivity index is 1.75. The lowest BCUT2D eigenvalue weighted by atomic mass is 10.1. The number of ether oxygens (including phenoxy) is 1. The molecule has 0 spiro atoms. The van der Waals surface area contributed by atoms with Crippen molar-refractivity contribution in [3.63, 3.8) is 0 Å². The van der Waals surface area contributed by atoms with Gasteiger partial charge in [0.05, 0.1) is 0 Å². The highest BCUT2D eigenvalue weighted by Crippen LogP contribution is 2.26. The van der Waals surface area contributed by atoms with Gasteiger partial charge in [0, 0.05) is 23.5 Å². The van der Waals surface area contributed by atoms with Crippen LogP contribution in [0.15, 0.2) is 24.3 Å². The van der Waals surface area contributed by atoms with Crippen molar-refractivity contribution in [1.29, 1.82) is 0 Å². The van der Waals surface area contributed by atoms with Crippen molar-refractivity contribution in [2.45, 2.75) is 25.2 Å². The van der Waals surface area contributed by atoms with E-state index in [0.717, 1.165) is 25.9 Å². The molecule has 1 amide bonds. The van der Waals surface area contributed by atoms with Gasteiger partial charge in [0.25, 0.3) is 5.91 Å². The number of hydrogen-bond donors (Lipinski definition) is 3. The molecular formula is C15H16F3N3O2. The highest BCUT2D eigenvalue weighted by atomic mass is 19.4. The molecule has 1 aromatic carbocycles. The average Bonchev–Trinajstić information content (AvgIpc) is 2.90. The summed E-state index contributed by atoms with van der Waals surface area (Å²) in [5, 5.41) is 6.59. The minimum atomic E-state index is -4.74. The number of alkyl halides is 3. The summed E-state index contributed by atoms with van der Waals surface area (Å²) in [5.41, 5.74) is 0.890. The number of carbonyl (C=O) groups excluding carboxylic acids is 1. The zero-order chi connectivity index (χ0) is 16.4. The minimum Gasteiger partial charge on any atom is -0.406 e. The van der Waals surface area contributed by atoms with Crippen LogP contribution in [-0.2, 0) is 0 Å². The predicted octanol–water partition coefficient (Wildman–Crippen LogP) is 2.55. The third-order valence-corrected chi connectivity index (χ3v) is 3.70. The van der Waals surface area contributed by atoms with E-state index >= 15 is 0 Å². The molecule has 124 valence electrons. The number of H-pyrrole nitrogens is 1. The number of halogens is 3. The fraction of sp³-hybridized carbons (Fsp3) is 0.400. The van der Waals surface area contributed by atoms with Crippen molar-refractivity contribution < 1.29 is 22.7 Å². The van der Waals surface area contributed by atoms with Crippen molar-refractivity contribution in [3.8, 4) is 5.75 Å². The first-order valence-electron chi connectivity index (χ1n) is 7.31. The van der Waals surface area contributed by atoms with E-state index in [4.69, 9.17) is 0 Å². The fourth-order valence-corrected chi connectivity index (χ4v) is 2.67. The quantitative estimate of drug-likeness (QED) is 0.812. The summed E-state index contributed by atoms with van der Waals surface area (Å²) in [6.07, 6.45) is -2.84. The maximum atomic E-state index is 12.2. The van der Waals surface area contributed by atoms with Crippen LogP contribution in [-0.4, -0.2) is 36.4 Å². The molecule has 0 unspecified atom stereocenters. The Hall–Kier alpha value is -2.22. The summed E-state index contributed by atoms with van der Waals surface area (Å²) < 4.78 is 40.6. The lowest BCUT2D eigenvalue weighted by Crippen LogP contribution is -2.45. The van der Waals surface area contributed by atoms with E-state index in [1.165, 1.54) is 24.3 Å². The number of benzene rings is 1. The van der Waals surface area contributed by atoms with Crippen molar-refractivity contribution in [1.82, 2.24) is 15.6 Å². The summed E-state index contributed by atoms with van der Waals surface area (Å²) in [4.78, 5) is 15.1. The Kier molecular flexibility index (Phi) is 4.16. The number of amides is 1. The van der Waals surface area contributed by atoms with Crippen LogP contribution in [0.3, 0.4) is 0 Å². The first kappa shape index (κ1) is 15.7. The van der Waals surface area contributed by atoms with Gasteiger partial charge in [-0.2, -0.15) is 0 Å². The molecule has 8 heteroatoms. The molecule has 1 fully saturated rings. The van der Waals surface area contributed by atoms with Gasteiger partial charge in [-0.1, -0.05) is 0 Å². The molecule has 0 radical (unpaired) electrons. The highest BCUT2D eigenvalue weighted by Gasteiger charge is 2.31. The van der Waals surface area contributed by atoms with Crippen molar-refractivity contribution >= 4 is 16.8 Å². The molecule has 1 atom stereocenters. The molecule has 0 saturated carbocycles. The third-order valence-electron chi connectivity index (χ3n) is 3.70. The summed E-state index contributed by atoms with van der Waals surface area (Å²) >= 11 is 0. The van der Waals surface area contributed by atoms with E-state index in [-0.39, 0.29) is 17.7 Å². The predicted molar refractivity (Wildman–Crippen MR) is 78.3 cm³/mol. The summed E-state index contributed by atoms with van der Waals surface area (Å²) in [6, 6.07) is 5.49. The number of aromatic amines is 1. The molecule has 1 saturated heterocycles. The average molecular weight is 327 g/mol. The fourth-order valence-electron chi connectivity index (χ4n) is 2.67. The number of hydrogen-bond acceptors (Lipinski definition) is 3. The van der Waals surface area contributed by atoms with Gasteiger partial charge in [-0.3, -0.25) is 4.79 Å². The van der Waals surface area contributed by atoms with Gasteiger partial charge in [-0.25, -0.2) is 0 Å². The molecule has 1 aromatic heterocycles. The summed E-state index contributed by atoms with van der Waals surface area (Å²) in [6.45, 7) is 1.66. The molecule has 23 heavy (non-hydrogen) atoms. The van der Waals surface area contributed by atoms with E-state index in [2.05, 4.69) is 20.4 Å². The van der Waals surface area contributed by atoms with Crippen LogP contribution in [0.4, 0.5) is 13.2 Å². The minimum absolute atomic E-state index is 0.0618. The monoisotopic (exact) mass is 327 g/mol. The molecule has 0 aliphatic carbocycles. The topological polar surface area (TPSA) is 66.2 Å². The molecule has 2 aromatic rings. The largest absolute Gasteiger partial charge is 0.573 e. The van der Waals surface area contributed by atoms with Crippen molar-refractivity contribution in [3.05, 3.63) is 30.0 Å². The number of rotatable bonds is 3. The van der Waals surface area contributed by atoms with Crippen LogP contribution < -0.4 is 15.4 Å². The Labute approximate surface area is 130 Å². The Morgan fingerprint density at radius 2 is 2.13 bits per heavy atom. The van der Waals surface area contributed by atoms with Crippen LogP contribution in [0.1, 0.15) is 23.3 Å². The van der Waals surface area contributed by atoms with Gasteiger partial charge in [0.15, 0.2) is 0 Å². The van der Waals surface area contributed by atoms with E-state index < -0.39 is 6.36 Å². The normalized spacial score (nSPS) is 18.8. The molecule has 5 nitrogen and oxygen atoms in total. The van der Waals surface area contributed by atoms with Crippen LogP contribution in [0.5, 0.6) is 5.75 Å². The SMILES string of the molecule is O=C(N[C@@H]1CCCNC1)c1cc2cc(OC(F)(F)F)ccc2[nH]1. The second-order valence-electron chi connectivity index (χ2n) is 5.50. The molecule has 2 heterocycles. The molecule has 1 aliphatic heterocycles. The van der Waals surface area contributed by atoms with Gasteiger partial charge in [0.1, 0.15) is 11.4 Å². The zero-order valence-corrected chi connectivity index (χ0v) is 12.2. The first-order valence-corrected chi connectivity index (χ1v) is 7.31. The number of nitrogens with one attached hydrogen (secondary N) is 3. The maximum Gasteiger partial charge on any atom is 0.573 e. The number of carbonyl (C=O) groups is 1. The third kappa shape index (κ3) is 3.95. The number of aromatic nitrogens is 1. The van der Waals surface area contributed by atoms with Crippen LogP contribution in [0, 0.1) is 0 Å². The highest BCUT2D eigenvalue weighted by molar-refractivity contribution is 5.98. The van der Waals surface area contributed by atoms with E-state index in [1.807, 2.05) is 0 Å². The second kappa shape index (κ2) is 6.11. The molecule has 3 N–H and O–H groups in total. The Morgan fingerprint density at radius 1 is 1.30 bits per heavy atom. The van der Waals surface area contributed by atoms with E-state index in [0.29, 0.717) is 16.6 Å². The van der Waals surface area contributed by atoms with E-state index in [1.54, 1.807) is 0 Å². The lowest BCUT2D eigenvalue weighted by Gasteiger charge is -2.23. The van der Waals surface area contributed by atoms with E-state index in [9.17, 15) is 18.0 Å². The first-order chi connectivity index (χ1) is 10.9. The molecule has 0 bridgehead atoms. The lowest BCUT2D eigenvalue weighted by molar-refractivity contribution is -0.274. The Morgan fingerprint density at radius 3 is 2.83 bits per heavy atom. The van der Waals surface area contributed by atoms with Gasteiger partial charge < -0.3 is 20.4 Å². The zero-order valence-electron chi connectivity index (χ0n) is 12.2. The summed E-state index contributed by atoms with van der Waals surface area (Å²) in [5.74, 6) is -0.583. The maximum absolute atomic E-state index is 12.2. The van der Waals surface area contributed by atoms with Crippen LogP contribution in [0.2, 0.25) is 0 Å². The Bertz CT molecular complexity index is 706. The van der Waals surface area contributed by atoms with Crippen molar-refractivity contribution in [2.75, 3.05) is 13.1 Å².